The van der Waals surface area contributed by atoms with Crippen LogP contribution in [0.4, 0.5) is 0 Å². The third-order valence-corrected chi connectivity index (χ3v) is 3.39. The smallest absolute Gasteiger partial charge is 0.0965 e. The first-order valence-corrected chi connectivity index (χ1v) is 6.06. The molecule has 0 saturated carbocycles. The molecular formula is C16H18O2. The first-order chi connectivity index (χ1) is 8.51. The van der Waals surface area contributed by atoms with E-state index in [2.05, 4.69) is 0 Å². The van der Waals surface area contributed by atoms with Crippen molar-refractivity contribution in [3.8, 4) is 0 Å². The molecular weight excluding hydrogens is 224 g/mol. The molecule has 0 radical (unpaired) electrons. The molecule has 1 atom stereocenters. The number of hydrogen-bond donors (Lipinski definition) is 2. The highest BCUT2D eigenvalue weighted by atomic mass is 16.3. The number of aliphatic hydroxyl groups excluding tert-OH is 1. The van der Waals surface area contributed by atoms with Crippen molar-refractivity contribution in [3.05, 3.63) is 71.5 Å². The molecule has 0 amide bonds. The molecule has 0 spiro atoms. The van der Waals surface area contributed by atoms with E-state index < -0.39 is 5.60 Å². The second-order valence-corrected chi connectivity index (χ2v) is 4.80. The van der Waals surface area contributed by atoms with Gasteiger partial charge in [-0.1, -0.05) is 54.6 Å². The maximum absolute atomic E-state index is 10.7. The Labute approximate surface area is 108 Å². The molecule has 0 fully saturated rings. The van der Waals surface area contributed by atoms with E-state index in [-0.39, 0.29) is 5.92 Å². The van der Waals surface area contributed by atoms with Gasteiger partial charge in [-0.2, -0.15) is 0 Å². The summed E-state index contributed by atoms with van der Waals surface area (Å²) in [6.07, 6.45) is 7.53. The van der Waals surface area contributed by atoms with Gasteiger partial charge in [-0.05, 0) is 19.4 Å². The fourth-order valence-electron chi connectivity index (χ4n) is 2.12. The number of benzene rings is 1. The first kappa shape index (κ1) is 12.7. The fourth-order valence-corrected chi connectivity index (χ4v) is 2.12. The third-order valence-electron chi connectivity index (χ3n) is 3.39. The van der Waals surface area contributed by atoms with Crippen LogP contribution in [0.3, 0.4) is 0 Å². The van der Waals surface area contributed by atoms with Gasteiger partial charge in [0, 0.05) is 11.5 Å². The van der Waals surface area contributed by atoms with Crippen LogP contribution in [0.25, 0.3) is 0 Å². The van der Waals surface area contributed by atoms with Crippen molar-refractivity contribution >= 4 is 0 Å². The highest BCUT2D eigenvalue weighted by molar-refractivity contribution is 5.39. The molecule has 94 valence electrons. The summed E-state index contributed by atoms with van der Waals surface area (Å²) >= 11 is 0. The van der Waals surface area contributed by atoms with E-state index in [9.17, 15) is 10.2 Å². The molecule has 1 unspecified atom stereocenters. The number of rotatable bonds is 2. The molecule has 18 heavy (non-hydrogen) atoms. The lowest BCUT2D eigenvalue weighted by molar-refractivity contribution is 0.0304. The Morgan fingerprint density at radius 1 is 1.11 bits per heavy atom. The van der Waals surface area contributed by atoms with Crippen molar-refractivity contribution in [2.24, 2.45) is 5.92 Å². The van der Waals surface area contributed by atoms with Crippen molar-refractivity contribution in [3.63, 3.8) is 0 Å². The Hall–Kier alpha value is -1.80. The molecule has 1 aliphatic rings. The van der Waals surface area contributed by atoms with Crippen LogP contribution in [0.5, 0.6) is 0 Å². The second kappa shape index (κ2) is 4.83. The van der Waals surface area contributed by atoms with Gasteiger partial charge in [0.2, 0.25) is 0 Å². The van der Waals surface area contributed by atoms with Crippen LogP contribution in [0.1, 0.15) is 19.4 Å². The standard InChI is InChI=1S/C16H18O2/c1-12(17)13-8-10-15(11-9-13)16(2,18)14-6-4-3-5-7-14/h3-11,15,17-18H,1-2H3. The van der Waals surface area contributed by atoms with Gasteiger partial charge < -0.3 is 10.2 Å². The molecule has 1 aromatic carbocycles. The topological polar surface area (TPSA) is 40.5 Å². The summed E-state index contributed by atoms with van der Waals surface area (Å²) in [7, 11) is 0. The van der Waals surface area contributed by atoms with E-state index in [1.165, 1.54) is 0 Å². The van der Waals surface area contributed by atoms with Gasteiger partial charge in [-0.15, -0.1) is 0 Å². The minimum Gasteiger partial charge on any atom is -0.512 e. The lowest BCUT2D eigenvalue weighted by Crippen LogP contribution is -2.30. The van der Waals surface area contributed by atoms with E-state index in [1.807, 2.05) is 61.6 Å². The maximum Gasteiger partial charge on any atom is 0.0965 e. The zero-order chi connectivity index (χ0) is 13.2. The fraction of sp³-hybridized carbons (Fsp3) is 0.250. The molecule has 2 N–H and O–H groups in total. The largest absolute Gasteiger partial charge is 0.512 e. The zero-order valence-electron chi connectivity index (χ0n) is 10.7. The summed E-state index contributed by atoms with van der Waals surface area (Å²) in [6, 6.07) is 9.61. The van der Waals surface area contributed by atoms with Crippen LogP contribution in [-0.2, 0) is 5.60 Å². The Bertz CT molecular complexity index is 487. The van der Waals surface area contributed by atoms with Gasteiger partial charge in [0.1, 0.15) is 0 Å². The summed E-state index contributed by atoms with van der Waals surface area (Å²) in [4.78, 5) is 0. The molecule has 1 aromatic rings. The van der Waals surface area contributed by atoms with E-state index >= 15 is 0 Å². The quantitative estimate of drug-likeness (QED) is 0.780. The van der Waals surface area contributed by atoms with Crippen LogP contribution < -0.4 is 0 Å². The van der Waals surface area contributed by atoms with Crippen molar-refractivity contribution < 1.29 is 10.2 Å². The lowest BCUT2D eigenvalue weighted by atomic mass is 9.80. The molecule has 0 bridgehead atoms. The Morgan fingerprint density at radius 3 is 2.17 bits per heavy atom. The average molecular weight is 242 g/mol. The molecule has 0 heterocycles. The molecule has 1 aliphatic carbocycles. The zero-order valence-corrected chi connectivity index (χ0v) is 10.7. The SMILES string of the molecule is CC(O)=C1C=CC(C(C)(O)c2ccccc2)C=C1. The minimum absolute atomic E-state index is 0.0944. The molecule has 2 rings (SSSR count). The van der Waals surface area contributed by atoms with Crippen LogP contribution in [0.15, 0.2) is 66.0 Å². The monoisotopic (exact) mass is 242 g/mol. The van der Waals surface area contributed by atoms with Crippen LogP contribution in [0, 0.1) is 5.92 Å². The number of allylic oxidation sites excluding steroid dienone is 4. The summed E-state index contributed by atoms with van der Waals surface area (Å²) in [5.41, 5.74) is 0.732. The third kappa shape index (κ3) is 2.39. The Balaban J connectivity index is 2.27. The number of hydrogen-bond acceptors (Lipinski definition) is 2. The minimum atomic E-state index is -0.941. The van der Waals surface area contributed by atoms with E-state index in [0.717, 1.165) is 11.1 Å². The lowest BCUT2D eigenvalue weighted by Gasteiger charge is -2.31. The van der Waals surface area contributed by atoms with Crippen molar-refractivity contribution in [1.82, 2.24) is 0 Å². The van der Waals surface area contributed by atoms with Gasteiger partial charge in [0.25, 0.3) is 0 Å². The Kier molecular flexibility index (Phi) is 3.39. The van der Waals surface area contributed by atoms with Crippen LogP contribution >= 0.6 is 0 Å². The van der Waals surface area contributed by atoms with E-state index in [0.29, 0.717) is 5.76 Å². The second-order valence-electron chi connectivity index (χ2n) is 4.80. The molecule has 0 aromatic heterocycles. The Morgan fingerprint density at radius 2 is 1.67 bits per heavy atom. The van der Waals surface area contributed by atoms with Crippen molar-refractivity contribution in [2.75, 3.05) is 0 Å². The van der Waals surface area contributed by atoms with Gasteiger partial charge in [0.05, 0.1) is 11.4 Å². The maximum atomic E-state index is 10.7. The first-order valence-electron chi connectivity index (χ1n) is 6.06. The molecule has 0 aliphatic heterocycles. The highest BCUT2D eigenvalue weighted by Crippen LogP contribution is 2.33. The summed E-state index contributed by atoms with van der Waals surface area (Å²) in [6.45, 7) is 3.46. The van der Waals surface area contributed by atoms with Crippen molar-refractivity contribution in [1.29, 1.82) is 0 Å². The van der Waals surface area contributed by atoms with Gasteiger partial charge in [-0.25, -0.2) is 0 Å². The molecule has 2 nitrogen and oxygen atoms in total. The van der Waals surface area contributed by atoms with Gasteiger partial charge in [-0.3, -0.25) is 0 Å². The van der Waals surface area contributed by atoms with Crippen LogP contribution in [-0.4, -0.2) is 10.2 Å². The van der Waals surface area contributed by atoms with E-state index in [1.54, 1.807) is 6.92 Å². The summed E-state index contributed by atoms with van der Waals surface area (Å²) < 4.78 is 0. The van der Waals surface area contributed by atoms with Gasteiger partial charge in [0.15, 0.2) is 0 Å². The predicted molar refractivity (Wildman–Crippen MR) is 73.1 cm³/mol. The average Bonchev–Trinajstić information content (AvgIpc) is 2.40. The van der Waals surface area contributed by atoms with Crippen molar-refractivity contribution in [2.45, 2.75) is 19.4 Å². The van der Waals surface area contributed by atoms with Gasteiger partial charge >= 0.3 is 0 Å². The predicted octanol–water partition coefficient (Wildman–Crippen LogP) is 3.47. The summed E-state index contributed by atoms with van der Waals surface area (Å²) in [5, 5.41) is 20.1. The normalized spacial score (nSPS) is 21.7. The number of aliphatic hydroxyl groups is 2. The van der Waals surface area contributed by atoms with E-state index in [4.69, 9.17) is 0 Å². The highest BCUT2D eigenvalue weighted by Gasteiger charge is 2.31. The summed E-state index contributed by atoms with van der Waals surface area (Å²) in [5.74, 6) is 0.198. The molecule has 2 heteroatoms. The van der Waals surface area contributed by atoms with Crippen LogP contribution in [0.2, 0.25) is 0 Å². The molecule has 0 saturated heterocycles.